The largest absolute Gasteiger partial charge is 0.311 e. The zero-order chi connectivity index (χ0) is 13.2. The Morgan fingerprint density at radius 2 is 1.88 bits per heavy atom. The molecular weight excluding hydrogens is 236 g/mol. The van der Waals surface area contributed by atoms with Crippen LogP contribution < -0.4 is 5.32 Å². The fraction of sp³-hybridized carbons (Fsp3) is 1.00. The first-order valence-corrected chi connectivity index (χ1v) is 8.26. The molecule has 1 aliphatic heterocycles. The van der Waals surface area contributed by atoms with Gasteiger partial charge in [0.25, 0.3) is 0 Å². The normalized spacial score (nSPS) is 27.9. The van der Waals surface area contributed by atoms with Crippen molar-refractivity contribution in [1.82, 2.24) is 9.62 Å². The molecule has 1 N–H and O–H groups in total. The van der Waals surface area contributed by atoms with Crippen molar-refractivity contribution in [3.8, 4) is 0 Å². The molecule has 0 saturated carbocycles. The summed E-state index contributed by atoms with van der Waals surface area (Å²) in [5, 5.41) is 3.47. The molecule has 0 radical (unpaired) electrons. The first-order valence-electron chi connectivity index (χ1n) is 6.42. The number of hydrogen-bond donors (Lipinski definition) is 1. The van der Waals surface area contributed by atoms with Crippen molar-refractivity contribution in [3.05, 3.63) is 0 Å². The summed E-state index contributed by atoms with van der Waals surface area (Å²) in [4.78, 5) is 0. The lowest BCUT2D eigenvalue weighted by Gasteiger charge is -2.41. The number of sulfonamides is 1. The van der Waals surface area contributed by atoms with Gasteiger partial charge in [-0.25, -0.2) is 8.42 Å². The van der Waals surface area contributed by atoms with E-state index in [2.05, 4.69) is 33.0 Å². The van der Waals surface area contributed by atoms with E-state index in [1.165, 1.54) is 6.26 Å². The maximum Gasteiger partial charge on any atom is 0.211 e. The van der Waals surface area contributed by atoms with Gasteiger partial charge < -0.3 is 5.32 Å². The van der Waals surface area contributed by atoms with Crippen LogP contribution >= 0.6 is 0 Å². The van der Waals surface area contributed by atoms with Gasteiger partial charge in [-0.15, -0.1) is 0 Å². The lowest BCUT2D eigenvalue weighted by molar-refractivity contribution is 0.178. The van der Waals surface area contributed by atoms with E-state index in [-0.39, 0.29) is 12.1 Å². The summed E-state index contributed by atoms with van der Waals surface area (Å²) in [6.45, 7) is 9.90. The lowest BCUT2D eigenvalue weighted by Crippen LogP contribution is -2.59. The van der Waals surface area contributed by atoms with Crippen LogP contribution in [0.15, 0.2) is 0 Å². The number of nitrogens with one attached hydrogen (secondary N) is 1. The molecule has 1 rings (SSSR count). The molecule has 2 unspecified atom stereocenters. The van der Waals surface area contributed by atoms with E-state index in [9.17, 15) is 8.42 Å². The third-order valence-electron chi connectivity index (χ3n) is 3.37. The molecule has 1 fully saturated rings. The van der Waals surface area contributed by atoms with Crippen LogP contribution in [0.1, 0.15) is 34.1 Å². The molecule has 5 heteroatoms. The molecule has 0 spiro atoms. The molecular formula is C12H26N2O2S. The van der Waals surface area contributed by atoms with Crippen LogP contribution in [-0.2, 0) is 10.0 Å². The second-order valence-electron chi connectivity index (χ2n) is 5.87. The van der Waals surface area contributed by atoms with Crippen LogP contribution in [0.3, 0.4) is 0 Å². The number of hydrogen-bond acceptors (Lipinski definition) is 3. The highest BCUT2D eigenvalue weighted by molar-refractivity contribution is 7.88. The van der Waals surface area contributed by atoms with E-state index < -0.39 is 10.0 Å². The number of nitrogens with zero attached hydrogens (tertiary/aromatic N) is 1. The molecule has 0 aromatic rings. The standard InChI is InChI=1S/C12H26N2O2S/c1-9(2)6-11-7-13-12(10(3)4)8-14(11)17(5,15)16/h9-13H,6-8H2,1-5H3. The lowest BCUT2D eigenvalue weighted by atomic mass is 9.97. The van der Waals surface area contributed by atoms with Gasteiger partial charge in [0.1, 0.15) is 0 Å². The Labute approximate surface area is 106 Å². The summed E-state index contributed by atoms with van der Waals surface area (Å²) in [5.74, 6) is 0.973. The molecule has 2 atom stereocenters. The molecule has 0 amide bonds. The van der Waals surface area contributed by atoms with Crippen molar-refractivity contribution in [2.45, 2.75) is 46.2 Å². The van der Waals surface area contributed by atoms with Gasteiger partial charge in [-0.1, -0.05) is 27.7 Å². The van der Waals surface area contributed by atoms with Gasteiger partial charge in [0.2, 0.25) is 10.0 Å². The van der Waals surface area contributed by atoms with Crippen LogP contribution in [0.25, 0.3) is 0 Å². The van der Waals surface area contributed by atoms with Gasteiger partial charge in [0.15, 0.2) is 0 Å². The van der Waals surface area contributed by atoms with Crippen LogP contribution in [0.2, 0.25) is 0 Å². The average Bonchev–Trinajstić information content (AvgIpc) is 2.15. The summed E-state index contributed by atoms with van der Waals surface area (Å²) < 4.78 is 25.4. The predicted molar refractivity (Wildman–Crippen MR) is 71.4 cm³/mol. The van der Waals surface area contributed by atoms with E-state index >= 15 is 0 Å². The van der Waals surface area contributed by atoms with Gasteiger partial charge in [0.05, 0.1) is 6.26 Å². The van der Waals surface area contributed by atoms with Crippen molar-refractivity contribution in [2.75, 3.05) is 19.3 Å². The van der Waals surface area contributed by atoms with E-state index in [0.717, 1.165) is 13.0 Å². The zero-order valence-corrected chi connectivity index (χ0v) is 12.4. The summed E-state index contributed by atoms with van der Waals surface area (Å²) in [7, 11) is -3.09. The topological polar surface area (TPSA) is 49.4 Å². The Morgan fingerprint density at radius 1 is 1.29 bits per heavy atom. The number of piperazine rings is 1. The second kappa shape index (κ2) is 5.67. The van der Waals surface area contributed by atoms with Gasteiger partial charge in [-0.2, -0.15) is 4.31 Å². The Morgan fingerprint density at radius 3 is 2.29 bits per heavy atom. The maximum absolute atomic E-state index is 11.8. The van der Waals surface area contributed by atoms with Crippen LogP contribution in [0.5, 0.6) is 0 Å². The van der Waals surface area contributed by atoms with Crippen LogP contribution in [0, 0.1) is 11.8 Å². The van der Waals surface area contributed by atoms with Gasteiger partial charge in [-0.05, 0) is 18.3 Å². The minimum absolute atomic E-state index is 0.111. The molecule has 1 aliphatic rings. The SMILES string of the molecule is CC(C)CC1CNC(C(C)C)CN1S(C)(=O)=O. The zero-order valence-electron chi connectivity index (χ0n) is 11.6. The molecule has 4 nitrogen and oxygen atoms in total. The van der Waals surface area contributed by atoms with Gasteiger partial charge >= 0.3 is 0 Å². The summed E-state index contributed by atoms with van der Waals surface area (Å²) in [5.41, 5.74) is 0. The molecule has 1 saturated heterocycles. The van der Waals surface area contributed by atoms with E-state index in [0.29, 0.717) is 18.4 Å². The molecule has 0 aliphatic carbocycles. The molecule has 1 heterocycles. The third-order valence-corrected chi connectivity index (χ3v) is 4.67. The van der Waals surface area contributed by atoms with Gasteiger partial charge in [0, 0.05) is 25.2 Å². The monoisotopic (exact) mass is 262 g/mol. The van der Waals surface area contributed by atoms with Crippen molar-refractivity contribution in [2.24, 2.45) is 11.8 Å². The van der Waals surface area contributed by atoms with E-state index in [4.69, 9.17) is 0 Å². The smallest absolute Gasteiger partial charge is 0.211 e. The maximum atomic E-state index is 11.8. The van der Waals surface area contributed by atoms with Crippen molar-refractivity contribution >= 4 is 10.0 Å². The fourth-order valence-electron chi connectivity index (χ4n) is 2.39. The van der Waals surface area contributed by atoms with E-state index in [1.54, 1.807) is 4.31 Å². The summed E-state index contributed by atoms with van der Waals surface area (Å²) in [6.07, 6.45) is 2.24. The average molecular weight is 262 g/mol. The minimum Gasteiger partial charge on any atom is -0.311 e. The highest BCUT2D eigenvalue weighted by Crippen LogP contribution is 2.20. The third kappa shape index (κ3) is 4.23. The highest BCUT2D eigenvalue weighted by Gasteiger charge is 2.34. The Bertz CT molecular complexity index is 338. The Kier molecular flexibility index (Phi) is 4.98. The van der Waals surface area contributed by atoms with Crippen molar-refractivity contribution < 1.29 is 8.42 Å². The molecule has 0 bridgehead atoms. The number of rotatable bonds is 4. The molecule has 17 heavy (non-hydrogen) atoms. The Hall–Kier alpha value is -0.130. The van der Waals surface area contributed by atoms with Crippen LogP contribution in [0.4, 0.5) is 0 Å². The quantitative estimate of drug-likeness (QED) is 0.830. The molecule has 0 aromatic carbocycles. The van der Waals surface area contributed by atoms with Crippen molar-refractivity contribution in [3.63, 3.8) is 0 Å². The van der Waals surface area contributed by atoms with E-state index in [1.807, 2.05) is 0 Å². The predicted octanol–water partition coefficient (Wildman–Crippen LogP) is 1.29. The highest BCUT2D eigenvalue weighted by atomic mass is 32.2. The first-order chi connectivity index (χ1) is 7.71. The van der Waals surface area contributed by atoms with Crippen LogP contribution in [-0.4, -0.2) is 44.2 Å². The summed E-state index contributed by atoms with van der Waals surface area (Å²) in [6, 6.07) is 0.383. The fourth-order valence-corrected chi connectivity index (χ4v) is 3.53. The minimum atomic E-state index is -3.09. The van der Waals surface area contributed by atoms with Crippen molar-refractivity contribution in [1.29, 1.82) is 0 Å². The molecule has 0 aromatic heterocycles. The van der Waals surface area contributed by atoms with Gasteiger partial charge in [-0.3, -0.25) is 0 Å². The Balaban J connectivity index is 2.80. The first kappa shape index (κ1) is 14.9. The second-order valence-corrected chi connectivity index (χ2v) is 7.81. The summed E-state index contributed by atoms with van der Waals surface area (Å²) >= 11 is 0. The molecule has 102 valence electrons.